The first-order valence-electron chi connectivity index (χ1n) is 7.88. The van der Waals surface area contributed by atoms with Gasteiger partial charge in [-0.1, -0.05) is 0 Å². The summed E-state index contributed by atoms with van der Waals surface area (Å²) >= 11 is 0.692. The zero-order valence-electron chi connectivity index (χ0n) is 13.1. The molecule has 0 radical (unpaired) electrons. The van der Waals surface area contributed by atoms with Gasteiger partial charge in [-0.2, -0.15) is 0 Å². The average molecular weight is 438 g/mol. The minimum absolute atomic E-state index is 0.346. The van der Waals surface area contributed by atoms with Crippen LogP contribution >= 0.6 is 0 Å². The average Bonchev–Trinajstić information content (AvgIpc) is 2.80. The van der Waals surface area contributed by atoms with Crippen molar-refractivity contribution in [3.8, 4) is 11.1 Å². The van der Waals surface area contributed by atoms with Crippen LogP contribution in [0.5, 0.6) is 0 Å². The van der Waals surface area contributed by atoms with Crippen molar-refractivity contribution >= 4 is 47.8 Å². The second kappa shape index (κ2) is 7.38. The summed E-state index contributed by atoms with van der Waals surface area (Å²) in [5.74, 6) is 0. The van der Waals surface area contributed by atoms with Crippen LogP contribution in [0.15, 0.2) is 97.1 Å². The van der Waals surface area contributed by atoms with Crippen LogP contribution in [0.2, 0.25) is 0 Å². The molecular weight excluding hydrogens is 422 g/mol. The third-order valence-electron chi connectivity index (χ3n) is 3.77. The van der Waals surface area contributed by atoms with E-state index in [2.05, 4.69) is 97.1 Å². The SMILES string of the molecule is c1ccc([Se]c2cc([Se]c3ccccc3)c3cccccc2-3)cc1. The summed E-state index contributed by atoms with van der Waals surface area (Å²) in [6.45, 7) is 0. The van der Waals surface area contributed by atoms with Crippen LogP contribution in [-0.2, 0) is 0 Å². The van der Waals surface area contributed by atoms with Crippen LogP contribution in [0.25, 0.3) is 11.1 Å². The monoisotopic (exact) mass is 440 g/mol. The predicted octanol–water partition coefficient (Wildman–Crippen LogP) is 2.10. The molecule has 0 amide bonds. The molecule has 0 unspecified atom stereocenters. The van der Waals surface area contributed by atoms with Crippen molar-refractivity contribution in [3.05, 3.63) is 97.1 Å². The predicted molar refractivity (Wildman–Crippen MR) is 106 cm³/mol. The molecule has 0 spiro atoms. The van der Waals surface area contributed by atoms with Crippen molar-refractivity contribution < 1.29 is 0 Å². The zero-order chi connectivity index (χ0) is 16.2. The molecule has 4 rings (SSSR count). The number of fused-ring (bicyclic) bond motifs is 1. The van der Waals surface area contributed by atoms with E-state index >= 15 is 0 Å². The summed E-state index contributed by atoms with van der Waals surface area (Å²) in [6, 6.07) is 35.1. The molecule has 2 aliphatic rings. The van der Waals surface area contributed by atoms with Crippen molar-refractivity contribution in [1.82, 2.24) is 0 Å². The van der Waals surface area contributed by atoms with Crippen LogP contribution in [0, 0.1) is 0 Å². The fourth-order valence-electron chi connectivity index (χ4n) is 2.65. The van der Waals surface area contributed by atoms with Crippen molar-refractivity contribution in [2.45, 2.75) is 0 Å². The number of hydrogen-bond donors (Lipinski definition) is 0. The van der Waals surface area contributed by atoms with Gasteiger partial charge in [0, 0.05) is 0 Å². The molecule has 0 aromatic heterocycles. The van der Waals surface area contributed by atoms with Gasteiger partial charge in [-0.15, -0.1) is 0 Å². The topological polar surface area (TPSA) is 0 Å². The number of hydrogen-bond acceptors (Lipinski definition) is 0. The van der Waals surface area contributed by atoms with Gasteiger partial charge in [0.05, 0.1) is 0 Å². The van der Waals surface area contributed by atoms with E-state index in [1.807, 2.05) is 0 Å². The zero-order valence-corrected chi connectivity index (χ0v) is 16.5. The van der Waals surface area contributed by atoms with Gasteiger partial charge in [-0.25, -0.2) is 0 Å². The molecule has 24 heavy (non-hydrogen) atoms. The maximum absolute atomic E-state index is 2.45. The summed E-state index contributed by atoms with van der Waals surface area (Å²) in [5, 5.41) is 0. The van der Waals surface area contributed by atoms with Gasteiger partial charge in [0.1, 0.15) is 0 Å². The molecule has 0 atom stereocenters. The summed E-state index contributed by atoms with van der Waals surface area (Å²) < 4.78 is 5.85. The van der Waals surface area contributed by atoms with Crippen molar-refractivity contribution in [2.75, 3.05) is 0 Å². The van der Waals surface area contributed by atoms with E-state index in [1.165, 1.54) is 29.0 Å². The Morgan fingerprint density at radius 1 is 0.417 bits per heavy atom. The summed E-state index contributed by atoms with van der Waals surface area (Å²) in [6.07, 6.45) is 0. The van der Waals surface area contributed by atoms with Gasteiger partial charge >= 0.3 is 156 Å². The van der Waals surface area contributed by atoms with Gasteiger partial charge in [-0.05, 0) is 0 Å². The number of benzene rings is 2. The van der Waals surface area contributed by atoms with Crippen LogP contribution < -0.4 is 17.8 Å². The molecule has 2 aliphatic carbocycles. The van der Waals surface area contributed by atoms with E-state index in [0.29, 0.717) is 29.9 Å². The van der Waals surface area contributed by atoms with Crippen molar-refractivity contribution in [2.24, 2.45) is 0 Å². The molecule has 2 aromatic rings. The van der Waals surface area contributed by atoms with E-state index in [4.69, 9.17) is 0 Å². The van der Waals surface area contributed by atoms with Crippen molar-refractivity contribution in [3.63, 3.8) is 0 Å². The van der Waals surface area contributed by atoms with Crippen LogP contribution in [0.4, 0.5) is 0 Å². The van der Waals surface area contributed by atoms with Crippen LogP contribution in [-0.4, -0.2) is 29.9 Å². The summed E-state index contributed by atoms with van der Waals surface area (Å²) in [5.41, 5.74) is 2.83. The van der Waals surface area contributed by atoms with E-state index in [-0.39, 0.29) is 0 Å². The van der Waals surface area contributed by atoms with Gasteiger partial charge < -0.3 is 0 Å². The van der Waals surface area contributed by atoms with E-state index < -0.39 is 0 Å². The fourth-order valence-corrected chi connectivity index (χ4v) is 7.28. The first-order valence-corrected chi connectivity index (χ1v) is 11.3. The van der Waals surface area contributed by atoms with Gasteiger partial charge in [0.25, 0.3) is 0 Å². The second-order valence-electron chi connectivity index (χ2n) is 5.44. The molecule has 0 saturated heterocycles. The summed E-state index contributed by atoms with van der Waals surface area (Å²) in [4.78, 5) is 0. The molecular formula is C22H16Se2. The third-order valence-corrected chi connectivity index (χ3v) is 8.24. The third kappa shape index (κ3) is 3.48. The molecule has 2 aromatic carbocycles. The molecule has 0 N–H and O–H groups in total. The molecule has 0 fully saturated rings. The Hall–Kier alpha value is -1.82. The fraction of sp³-hybridized carbons (Fsp3) is 0. The molecule has 0 nitrogen and oxygen atoms in total. The molecule has 0 bridgehead atoms. The molecule has 0 aliphatic heterocycles. The Labute approximate surface area is 155 Å². The second-order valence-corrected chi connectivity index (χ2v) is 10.1. The summed E-state index contributed by atoms with van der Waals surface area (Å²) in [7, 11) is 0. The minimum atomic E-state index is 0.346. The molecule has 0 heterocycles. The van der Waals surface area contributed by atoms with Gasteiger partial charge in [0.15, 0.2) is 0 Å². The Morgan fingerprint density at radius 3 is 1.21 bits per heavy atom. The standard InChI is InChI=1S/C22H16Se2/c1-4-10-17(11-5-1)23-21-16-22(24-18-12-6-2-7-13-18)20-15-9-3-8-14-19(20)21/h1-16H. The molecule has 2 heteroatoms. The maximum atomic E-state index is 2.45. The molecule has 0 saturated carbocycles. The molecule has 116 valence electrons. The number of rotatable bonds is 4. The first-order chi connectivity index (χ1) is 11.9. The Morgan fingerprint density at radius 2 is 0.792 bits per heavy atom. The van der Waals surface area contributed by atoms with Crippen LogP contribution in [0.1, 0.15) is 0 Å². The Bertz CT molecular complexity index is 828. The van der Waals surface area contributed by atoms with Gasteiger partial charge in [0.2, 0.25) is 0 Å². The Kier molecular flexibility index (Phi) is 4.83. The normalized spacial score (nSPS) is 10.8. The van der Waals surface area contributed by atoms with Crippen LogP contribution in [0.3, 0.4) is 0 Å². The van der Waals surface area contributed by atoms with Crippen molar-refractivity contribution in [1.29, 1.82) is 0 Å². The quantitative estimate of drug-likeness (QED) is 0.429. The van der Waals surface area contributed by atoms with E-state index in [1.54, 1.807) is 0 Å². The first kappa shape index (κ1) is 15.7. The Balaban J connectivity index is 1.75. The van der Waals surface area contributed by atoms with Gasteiger partial charge in [-0.3, -0.25) is 0 Å². The van der Waals surface area contributed by atoms with E-state index in [9.17, 15) is 0 Å². The van der Waals surface area contributed by atoms with E-state index in [0.717, 1.165) is 0 Å².